The molecule has 3 atom stereocenters. The molecule has 0 amide bonds. The Kier molecular flexibility index (Phi) is 5.86. The van der Waals surface area contributed by atoms with Crippen molar-refractivity contribution in [2.75, 3.05) is 6.54 Å². The highest BCUT2D eigenvalue weighted by Crippen LogP contribution is 2.15. The van der Waals surface area contributed by atoms with Crippen LogP contribution in [0.25, 0.3) is 0 Å². The highest BCUT2D eigenvalue weighted by Gasteiger charge is 2.19. The van der Waals surface area contributed by atoms with Gasteiger partial charge in [0.25, 0.3) is 0 Å². The van der Waals surface area contributed by atoms with Gasteiger partial charge in [-0.15, -0.1) is 0 Å². The quantitative estimate of drug-likeness (QED) is 0.844. The monoisotopic (exact) mass is 253 g/mol. The highest BCUT2D eigenvalue weighted by atomic mass is 32.2. The predicted molar refractivity (Wildman–Crippen MR) is 74.8 cm³/mol. The smallest absolute Gasteiger partial charge is 0.0573 e. The molecule has 1 aromatic carbocycles. The average Bonchev–Trinajstić information content (AvgIpc) is 2.34. The van der Waals surface area contributed by atoms with Gasteiger partial charge in [-0.25, -0.2) is 0 Å². The fourth-order valence-corrected chi connectivity index (χ4v) is 3.09. The largest absolute Gasteiger partial charge is 0.313 e. The van der Waals surface area contributed by atoms with Gasteiger partial charge in [-0.05, 0) is 51.4 Å². The zero-order chi connectivity index (χ0) is 12.8. The molecule has 1 N–H and O–H groups in total. The van der Waals surface area contributed by atoms with Crippen LogP contribution in [0, 0.1) is 6.92 Å². The molecule has 0 fully saturated rings. The van der Waals surface area contributed by atoms with Gasteiger partial charge < -0.3 is 5.32 Å². The fraction of sp³-hybridized carbons (Fsp3) is 0.571. The maximum absolute atomic E-state index is 12.4. The summed E-state index contributed by atoms with van der Waals surface area (Å²) >= 11 is 0. The van der Waals surface area contributed by atoms with E-state index in [4.69, 9.17) is 0 Å². The first-order chi connectivity index (χ1) is 8.06. The zero-order valence-electron chi connectivity index (χ0n) is 11.2. The van der Waals surface area contributed by atoms with Gasteiger partial charge in [-0.2, -0.15) is 0 Å². The minimum atomic E-state index is -0.934. The Hall–Kier alpha value is -0.670. The molecule has 1 aromatic rings. The van der Waals surface area contributed by atoms with Gasteiger partial charge in [0, 0.05) is 10.9 Å². The first kappa shape index (κ1) is 14.4. The minimum Gasteiger partial charge on any atom is -0.313 e. The second-order valence-electron chi connectivity index (χ2n) is 4.56. The summed E-state index contributed by atoms with van der Waals surface area (Å²) in [6, 6.07) is 8.24. The molecule has 0 saturated heterocycles. The number of aryl methyl sites for hydroxylation is 1. The van der Waals surface area contributed by atoms with E-state index in [1.165, 1.54) is 0 Å². The van der Waals surface area contributed by atoms with E-state index in [0.29, 0.717) is 0 Å². The molecule has 0 bridgehead atoms. The van der Waals surface area contributed by atoms with E-state index in [1.807, 2.05) is 38.1 Å². The molecule has 17 heavy (non-hydrogen) atoms. The lowest BCUT2D eigenvalue weighted by Gasteiger charge is -2.20. The van der Waals surface area contributed by atoms with Crippen LogP contribution in [0.4, 0.5) is 0 Å². The van der Waals surface area contributed by atoms with Crippen LogP contribution in [-0.2, 0) is 10.8 Å². The van der Waals surface area contributed by atoms with Crippen molar-refractivity contribution in [3.8, 4) is 0 Å². The topological polar surface area (TPSA) is 29.1 Å². The number of hydrogen-bond acceptors (Lipinski definition) is 2. The second kappa shape index (κ2) is 6.92. The maximum Gasteiger partial charge on any atom is 0.0573 e. The Balaban J connectivity index is 2.69. The molecule has 0 saturated carbocycles. The van der Waals surface area contributed by atoms with Gasteiger partial charge in [0.15, 0.2) is 0 Å². The van der Waals surface area contributed by atoms with Gasteiger partial charge in [0.2, 0.25) is 0 Å². The van der Waals surface area contributed by atoms with Crippen molar-refractivity contribution in [1.82, 2.24) is 5.32 Å². The standard InChI is InChI=1S/C14H23NOS/c1-5-9-15-12(3)13(4)17(16)14-8-6-7-11(2)10-14/h6-8,10,12-13,15H,5,9H2,1-4H3. The normalized spacial score (nSPS) is 16.5. The van der Waals surface area contributed by atoms with Gasteiger partial charge >= 0.3 is 0 Å². The van der Waals surface area contributed by atoms with Crippen molar-refractivity contribution in [2.24, 2.45) is 0 Å². The van der Waals surface area contributed by atoms with Gasteiger partial charge in [0.05, 0.1) is 16.0 Å². The van der Waals surface area contributed by atoms with Crippen molar-refractivity contribution < 1.29 is 4.21 Å². The Bertz CT molecular complexity index is 378. The first-order valence-electron chi connectivity index (χ1n) is 6.27. The van der Waals surface area contributed by atoms with Crippen LogP contribution in [0.2, 0.25) is 0 Å². The molecule has 96 valence electrons. The molecule has 0 spiro atoms. The number of nitrogens with one attached hydrogen (secondary N) is 1. The van der Waals surface area contributed by atoms with E-state index in [-0.39, 0.29) is 11.3 Å². The van der Waals surface area contributed by atoms with E-state index >= 15 is 0 Å². The molecule has 0 aromatic heterocycles. The van der Waals surface area contributed by atoms with Crippen LogP contribution in [0.3, 0.4) is 0 Å². The summed E-state index contributed by atoms with van der Waals surface area (Å²) in [4.78, 5) is 0.933. The lowest BCUT2D eigenvalue weighted by atomic mass is 10.2. The zero-order valence-corrected chi connectivity index (χ0v) is 12.0. The number of hydrogen-bond donors (Lipinski definition) is 1. The Morgan fingerprint density at radius 1 is 1.35 bits per heavy atom. The van der Waals surface area contributed by atoms with Crippen molar-refractivity contribution in [3.63, 3.8) is 0 Å². The average molecular weight is 253 g/mol. The van der Waals surface area contributed by atoms with Crippen molar-refractivity contribution in [3.05, 3.63) is 29.8 Å². The highest BCUT2D eigenvalue weighted by molar-refractivity contribution is 7.85. The molecule has 3 heteroatoms. The summed E-state index contributed by atoms with van der Waals surface area (Å²) in [5.74, 6) is 0. The molecule has 0 aliphatic rings. The van der Waals surface area contributed by atoms with Crippen LogP contribution in [0.1, 0.15) is 32.8 Å². The van der Waals surface area contributed by atoms with Crippen LogP contribution in [-0.4, -0.2) is 22.0 Å². The summed E-state index contributed by atoms with van der Waals surface area (Å²) in [6.45, 7) is 9.31. The second-order valence-corrected chi connectivity index (χ2v) is 6.37. The third-order valence-electron chi connectivity index (χ3n) is 2.98. The van der Waals surface area contributed by atoms with E-state index in [9.17, 15) is 4.21 Å². The third kappa shape index (κ3) is 4.25. The van der Waals surface area contributed by atoms with Gasteiger partial charge in [-0.1, -0.05) is 19.1 Å². The summed E-state index contributed by atoms with van der Waals surface area (Å²) < 4.78 is 12.4. The summed E-state index contributed by atoms with van der Waals surface area (Å²) in [5.41, 5.74) is 1.16. The Morgan fingerprint density at radius 3 is 2.65 bits per heavy atom. The Morgan fingerprint density at radius 2 is 2.06 bits per heavy atom. The molecular formula is C14H23NOS. The van der Waals surface area contributed by atoms with Gasteiger partial charge in [-0.3, -0.25) is 4.21 Å². The maximum atomic E-state index is 12.4. The summed E-state index contributed by atoms with van der Waals surface area (Å²) in [7, 11) is -0.934. The van der Waals surface area contributed by atoms with E-state index in [1.54, 1.807) is 0 Å². The molecule has 0 heterocycles. The van der Waals surface area contributed by atoms with E-state index in [2.05, 4.69) is 19.2 Å². The number of benzene rings is 1. The fourth-order valence-electron chi connectivity index (χ4n) is 1.68. The molecular weight excluding hydrogens is 230 g/mol. The van der Waals surface area contributed by atoms with Crippen molar-refractivity contribution >= 4 is 10.8 Å². The van der Waals surface area contributed by atoms with Crippen LogP contribution < -0.4 is 5.32 Å². The van der Waals surface area contributed by atoms with E-state index < -0.39 is 10.8 Å². The lowest BCUT2D eigenvalue weighted by Crippen LogP contribution is -2.38. The molecule has 0 radical (unpaired) electrons. The van der Waals surface area contributed by atoms with Crippen molar-refractivity contribution in [2.45, 2.75) is 50.3 Å². The van der Waals surface area contributed by atoms with E-state index in [0.717, 1.165) is 23.4 Å². The molecule has 0 aliphatic carbocycles. The number of rotatable bonds is 6. The SMILES string of the molecule is CCCNC(C)C(C)S(=O)c1cccc(C)c1. The Labute approximate surface area is 107 Å². The van der Waals surface area contributed by atoms with Crippen LogP contribution in [0.15, 0.2) is 29.2 Å². The van der Waals surface area contributed by atoms with Gasteiger partial charge in [0.1, 0.15) is 0 Å². The molecule has 3 unspecified atom stereocenters. The molecule has 2 nitrogen and oxygen atoms in total. The van der Waals surface area contributed by atoms with Crippen molar-refractivity contribution in [1.29, 1.82) is 0 Å². The third-order valence-corrected chi connectivity index (χ3v) is 4.78. The van der Waals surface area contributed by atoms with Crippen LogP contribution >= 0.6 is 0 Å². The minimum absolute atomic E-state index is 0.128. The summed E-state index contributed by atoms with van der Waals surface area (Å²) in [5, 5.41) is 3.53. The molecule has 0 aliphatic heterocycles. The van der Waals surface area contributed by atoms with Crippen LogP contribution in [0.5, 0.6) is 0 Å². The first-order valence-corrected chi connectivity index (χ1v) is 7.48. The molecule has 1 rings (SSSR count). The summed E-state index contributed by atoms with van der Waals surface area (Å²) in [6.07, 6.45) is 1.11. The predicted octanol–water partition coefficient (Wildman–Crippen LogP) is 2.88. The lowest BCUT2D eigenvalue weighted by molar-refractivity contribution is 0.531.